The van der Waals surface area contributed by atoms with Gasteiger partial charge in [-0.15, -0.1) is 0 Å². The van der Waals surface area contributed by atoms with Crippen molar-refractivity contribution >= 4 is 0 Å². The van der Waals surface area contributed by atoms with Crippen LogP contribution in [0.4, 0.5) is 0 Å². The Balaban J connectivity index is 2.37. The Labute approximate surface area is 107 Å². The molecule has 0 aromatic rings. The Morgan fingerprint density at radius 2 is 2.06 bits per heavy atom. The van der Waals surface area contributed by atoms with Crippen LogP contribution < -0.4 is 5.32 Å². The maximum Gasteiger partial charge on any atom is 0.0634 e. The van der Waals surface area contributed by atoms with Gasteiger partial charge >= 0.3 is 0 Å². The molecule has 1 rings (SSSR count). The first-order valence-corrected chi connectivity index (χ1v) is 6.93. The molecule has 0 radical (unpaired) electrons. The van der Waals surface area contributed by atoms with Gasteiger partial charge in [-0.05, 0) is 18.4 Å². The summed E-state index contributed by atoms with van der Waals surface area (Å²) in [7, 11) is 0. The first kappa shape index (κ1) is 14.9. The number of rotatable bonds is 5. The third kappa shape index (κ3) is 6.39. The molecule has 17 heavy (non-hydrogen) atoms. The molecule has 0 saturated carbocycles. The topological polar surface area (TPSA) is 24.5 Å². The molecular formula is C14H30N2O. The zero-order valence-corrected chi connectivity index (χ0v) is 12.3. The van der Waals surface area contributed by atoms with Crippen LogP contribution in [0, 0.1) is 5.41 Å². The van der Waals surface area contributed by atoms with Crippen LogP contribution in [0.25, 0.3) is 0 Å². The quantitative estimate of drug-likeness (QED) is 0.799. The Hall–Kier alpha value is -0.120. The average molecular weight is 242 g/mol. The second kappa shape index (κ2) is 6.72. The van der Waals surface area contributed by atoms with Gasteiger partial charge in [0.2, 0.25) is 0 Å². The summed E-state index contributed by atoms with van der Waals surface area (Å²) in [4.78, 5) is 2.59. The predicted octanol–water partition coefficient (Wildman–Crippen LogP) is 2.12. The number of nitrogens with one attached hydrogen (secondary N) is 1. The monoisotopic (exact) mass is 242 g/mol. The van der Waals surface area contributed by atoms with Crippen molar-refractivity contribution in [3.05, 3.63) is 0 Å². The molecule has 1 heterocycles. The molecule has 0 aliphatic carbocycles. The predicted molar refractivity (Wildman–Crippen MR) is 73.4 cm³/mol. The van der Waals surface area contributed by atoms with Crippen molar-refractivity contribution in [1.82, 2.24) is 10.2 Å². The molecule has 0 amide bonds. The smallest absolute Gasteiger partial charge is 0.0634 e. The van der Waals surface area contributed by atoms with E-state index < -0.39 is 0 Å². The third-order valence-corrected chi connectivity index (χ3v) is 3.26. The number of hydrogen-bond acceptors (Lipinski definition) is 3. The summed E-state index contributed by atoms with van der Waals surface area (Å²) in [6.07, 6.45) is 1.26. The zero-order chi connectivity index (χ0) is 12.9. The van der Waals surface area contributed by atoms with Gasteiger partial charge in [0.25, 0.3) is 0 Å². The molecule has 1 unspecified atom stereocenters. The van der Waals surface area contributed by atoms with E-state index in [-0.39, 0.29) is 0 Å². The van der Waals surface area contributed by atoms with E-state index >= 15 is 0 Å². The van der Waals surface area contributed by atoms with Gasteiger partial charge in [-0.1, -0.05) is 34.6 Å². The number of hydrogen-bond donors (Lipinski definition) is 1. The summed E-state index contributed by atoms with van der Waals surface area (Å²) < 4.78 is 5.59. The molecule has 0 bridgehead atoms. The summed E-state index contributed by atoms with van der Waals surface area (Å²) in [5.41, 5.74) is 0.425. The van der Waals surface area contributed by atoms with Crippen LogP contribution in [0.3, 0.4) is 0 Å². The highest BCUT2D eigenvalue weighted by atomic mass is 16.5. The maximum atomic E-state index is 5.59. The maximum absolute atomic E-state index is 5.59. The van der Waals surface area contributed by atoms with Crippen molar-refractivity contribution in [1.29, 1.82) is 0 Å². The Morgan fingerprint density at radius 1 is 1.35 bits per heavy atom. The summed E-state index contributed by atoms with van der Waals surface area (Å²) in [5.74, 6) is 0. The highest BCUT2D eigenvalue weighted by Gasteiger charge is 2.24. The summed E-state index contributed by atoms with van der Waals surface area (Å²) in [6, 6.07) is 1.11. The third-order valence-electron chi connectivity index (χ3n) is 3.26. The van der Waals surface area contributed by atoms with E-state index in [1.807, 2.05) is 0 Å². The summed E-state index contributed by atoms with van der Waals surface area (Å²) >= 11 is 0. The molecule has 1 atom stereocenters. The first-order valence-electron chi connectivity index (χ1n) is 6.93. The standard InChI is InChI=1S/C14H30N2O/c1-12(2)15-10-13-11-17-9-8-16(13)7-6-14(3,4)5/h12-13,15H,6-11H2,1-5H3. The number of morpholine rings is 1. The lowest BCUT2D eigenvalue weighted by atomic mass is 9.92. The summed E-state index contributed by atoms with van der Waals surface area (Å²) in [6.45, 7) is 16.4. The summed E-state index contributed by atoms with van der Waals surface area (Å²) in [5, 5.41) is 3.52. The van der Waals surface area contributed by atoms with Gasteiger partial charge < -0.3 is 10.1 Å². The molecule has 1 saturated heterocycles. The van der Waals surface area contributed by atoms with Gasteiger partial charge in [-0.2, -0.15) is 0 Å². The van der Waals surface area contributed by atoms with Crippen molar-refractivity contribution in [3.8, 4) is 0 Å². The van der Waals surface area contributed by atoms with Crippen molar-refractivity contribution in [2.24, 2.45) is 5.41 Å². The minimum atomic E-state index is 0.425. The van der Waals surface area contributed by atoms with Crippen LogP contribution in [0.5, 0.6) is 0 Å². The van der Waals surface area contributed by atoms with Crippen molar-refractivity contribution in [2.45, 2.75) is 53.1 Å². The first-order chi connectivity index (χ1) is 7.88. The van der Waals surface area contributed by atoms with Crippen molar-refractivity contribution in [3.63, 3.8) is 0 Å². The molecule has 3 nitrogen and oxygen atoms in total. The van der Waals surface area contributed by atoms with Gasteiger partial charge in [0.15, 0.2) is 0 Å². The largest absolute Gasteiger partial charge is 0.378 e. The van der Waals surface area contributed by atoms with Crippen LogP contribution in [0.1, 0.15) is 41.0 Å². The molecule has 102 valence electrons. The number of nitrogens with zero attached hydrogens (tertiary/aromatic N) is 1. The minimum Gasteiger partial charge on any atom is -0.378 e. The fourth-order valence-electron chi connectivity index (χ4n) is 2.02. The Morgan fingerprint density at radius 3 is 2.65 bits per heavy atom. The highest BCUT2D eigenvalue weighted by molar-refractivity contribution is 4.79. The van der Waals surface area contributed by atoms with E-state index in [1.165, 1.54) is 13.0 Å². The molecule has 0 spiro atoms. The van der Waals surface area contributed by atoms with E-state index in [0.717, 1.165) is 26.3 Å². The van der Waals surface area contributed by atoms with E-state index in [0.29, 0.717) is 17.5 Å². The van der Waals surface area contributed by atoms with E-state index in [2.05, 4.69) is 44.8 Å². The molecule has 1 fully saturated rings. The van der Waals surface area contributed by atoms with Crippen LogP contribution in [0.2, 0.25) is 0 Å². The lowest BCUT2D eigenvalue weighted by Crippen LogP contribution is -2.51. The second-order valence-corrected chi connectivity index (χ2v) is 6.64. The van der Waals surface area contributed by atoms with Crippen molar-refractivity contribution in [2.75, 3.05) is 32.8 Å². The van der Waals surface area contributed by atoms with Gasteiger partial charge in [-0.3, -0.25) is 4.90 Å². The fraction of sp³-hybridized carbons (Fsp3) is 1.00. The van der Waals surface area contributed by atoms with E-state index in [9.17, 15) is 0 Å². The van der Waals surface area contributed by atoms with Crippen molar-refractivity contribution < 1.29 is 4.74 Å². The number of ether oxygens (including phenoxy) is 1. The van der Waals surface area contributed by atoms with Crippen LogP contribution in [-0.4, -0.2) is 49.8 Å². The van der Waals surface area contributed by atoms with E-state index in [1.54, 1.807) is 0 Å². The Kier molecular flexibility index (Phi) is 5.90. The van der Waals surface area contributed by atoms with Gasteiger partial charge in [0, 0.05) is 25.2 Å². The second-order valence-electron chi connectivity index (χ2n) is 6.64. The Bertz CT molecular complexity index is 211. The minimum absolute atomic E-state index is 0.425. The molecule has 0 aromatic heterocycles. The fourth-order valence-corrected chi connectivity index (χ4v) is 2.02. The lowest BCUT2D eigenvalue weighted by molar-refractivity contribution is -0.0112. The molecule has 0 aromatic carbocycles. The van der Waals surface area contributed by atoms with Gasteiger partial charge in [0.1, 0.15) is 0 Å². The van der Waals surface area contributed by atoms with Crippen LogP contribution >= 0.6 is 0 Å². The zero-order valence-electron chi connectivity index (χ0n) is 12.3. The molecule has 3 heteroatoms. The SMILES string of the molecule is CC(C)NCC1COCCN1CCC(C)(C)C. The normalized spacial score (nSPS) is 23.3. The molecule has 1 N–H and O–H groups in total. The van der Waals surface area contributed by atoms with Gasteiger partial charge in [0.05, 0.1) is 13.2 Å². The highest BCUT2D eigenvalue weighted by Crippen LogP contribution is 2.20. The van der Waals surface area contributed by atoms with Gasteiger partial charge in [-0.25, -0.2) is 0 Å². The molecule has 1 aliphatic rings. The molecule has 1 aliphatic heterocycles. The molecular weight excluding hydrogens is 212 g/mol. The lowest BCUT2D eigenvalue weighted by Gasteiger charge is -2.37. The van der Waals surface area contributed by atoms with Crippen LogP contribution in [-0.2, 0) is 4.74 Å². The van der Waals surface area contributed by atoms with Crippen LogP contribution in [0.15, 0.2) is 0 Å². The van der Waals surface area contributed by atoms with E-state index in [4.69, 9.17) is 4.74 Å². The average Bonchev–Trinajstić information content (AvgIpc) is 2.23.